The molecule has 2 aliphatic heterocycles. The second-order valence-electron chi connectivity index (χ2n) is 14.3. The predicted octanol–water partition coefficient (Wildman–Crippen LogP) is 5.38. The second kappa shape index (κ2) is 13.2. The van der Waals surface area contributed by atoms with E-state index < -0.39 is 21.5 Å². The number of likely N-dealkylation sites (N-methyl/N-ethyl adjacent to an activating group) is 2. The van der Waals surface area contributed by atoms with Gasteiger partial charge in [0.2, 0.25) is 0 Å². The zero-order valence-corrected chi connectivity index (χ0v) is 30.1. The van der Waals surface area contributed by atoms with Gasteiger partial charge in [0.15, 0.2) is 0 Å². The molecule has 2 amide bonds. The van der Waals surface area contributed by atoms with E-state index in [1.165, 1.54) is 17.2 Å². The third-order valence-corrected chi connectivity index (χ3v) is 12.7. The number of hydrogen-bond acceptors (Lipinski definition) is 8. The Hall–Kier alpha value is -3.28. The molecule has 0 unspecified atom stereocenters. The number of rotatable bonds is 2. The average molecular weight is 699 g/mol. The zero-order valence-electron chi connectivity index (χ0n) is 28.5. The summed E-state index contributed by atoms with van der Waals surface area (Å²) in [6, 6.07) is 10.8. The van der Waals surface area contributed by atoms with E-state index in [1.807, 2.05) is 18.2 Å². The van der Waals surface area contributed by atoms with Crippen LogP contribution in [-0.2, 0) is 31.4 Å². The summed E-state index contributed by atoms with van der Waals surface area (Å²) in [4.78, 5) is 32.3. The highest BCUT2D eigenvalue weighted by Gasteiger charge is 2.45. The third kappa shape index (κ3) is 6.41. The van der Waals surface area contributed by atoms with Gasteiger partial charge in [-0.15, -0.1) is 0 Å². The lowest BCUT2D eigenvalue weighted by Gasteiger charge is -2.47. The molecule has 6 rings (SSSR count). The first kappa shape index (κ1) is 34.6. The molecule has 0 saturated heterocycles. The highest BCUT2D eigenvalue weighted by atomic mass is 35.5. The number of nitrogens with zero attached hydrogens (tertiary/aromatic N) is 3. The van der Waals surface area contributed by atoms with E-state index in [9.17, 15) is 18.0 Å². The van der Waals surface area contributed by atoms with Crippen molar-refractivity contribution >= 4 is 39.3 Å². The average Bonchev–Trinajstić information content (AvgIpc) is 3.18. The molecule has 4 atom stereocenters. The summed E-state index contributed by atoms with van der Waals surface area (Å²) in [5.74, 6) is 0.340. The van der Waals surface area contributed by atoms with E-state index in [0.717, 1.165) is 32.1 Å². The van der Waals surface area contributed by atoms with Gasteiger partial charge in [-0.3, -0.25) is 9.69 Å². The highest BCUT2D eigenvalue weighted by molar-refractivity contribution is 7.90. The van der Waals surface area contributed by atoms with Crippen LogP contribution in [0.5, 0.6) is 5.75 Å². The quantitative estimate of drug-likeness (QED) is 0.417. The van der Waals surface area contributed by atoms with E-state index in [2.05, 4.69) is 21.8 Å². The van der Waals surface area contributed by atoms with Crippen LogP contribution in [0.2, 0.25) is 5.02 Å². The van der Waals surface area contributed by atoms with Crippen molar-refractivity contribution in [2.75, 3.05) is 51.8 Å². The smallest absolute Gasteiger partial charge is 0.409 e. The molecule has 0 aromatic heterocycles. The van der Waals surface area contributed by atoms with Gasteiger partial charge >= 0.3 is 6.09 Å². The van der Waals surface area contributed by atoms with Crippen LogP contribution in [0.1, 0.15) is 57.6 Å². The number of fused-ring (bicyclic) bond motifs is 4. The van der Waals surface area contributed by atoms with Crippen LogP contribution in [0.3, 0.4) is 0 Å². The van der Waals surface area contributed by atoms with Crippen LogP contribution >= 0.6 is 11.6 Å². The van der Waals surface area contributed by atoms with Crippen molar-refractivity contribution < 1.29 is 27.5 Å². The molecule has 260 valence electrons. The summed E-state index contributed by atoms with van der Waals surface area (Å²) in [5.41, 5.74) is 1.64. The number of ether oxygens (including phenoxy) is 2. The maximum absolute atomic E-state index is 13.7. The minimum atomic E-state index is -4.20. The lowest BCUT2D eigenvalue weighted by molar-refractivity contribution is -0.128. The molecule has 1 saturated carbocycles. The Bertz CT molecular complexity index is 1710. The Morgan fingerprint density at radius 1 is 1.19 bits per heavy atom. The van der Waals surface area contributed by atoms with Crippen molar-refractivity contribution in [1.82, 2.24) is 14.5 Å². The molecule has 0 radical (unpaired) electrons. The fourth-order valence-corrected chi connectivity index (χ4v) is 9.11. The lowest BCUT2D eigenvalue weighted by atomic mass is 9.67. The molecule has 10 nitrogen and oxygen atoms in total. The standard InChI is InChI=1S/C36H47ClN4O6S/c1-6-46-34(43)40(5)30-10-8-18-39(4)35(2,3)33(42)38-48(44,45)27-13-16-32-31(20-27)41(21-25-11-14-28(25)30)22-36(23-47-32)17-7-9-24-19-26(37)12-15-29(24)36/h8,10,12-13,15-16,19-20,25,28,30H,6-7,9,11,14,17-18,21-23H2,1-5H3,(H,38,42)/b10-8+/t25-,28+,30+,36-/m0/s1. The Kier molecular flexibility index (Phi) is 9.52. The summed E-state index contributed by atoms with van der Waals surface area (Å²) < 4.78 is 41.8. The van der Waals surface area contributed by atoms with Crippen molar-refractivity contribution in [2.24, 2.45) is 11.8 Å². The number of anilines is 1. The summed E-state index contributed by atoms with van der Waals surface area (Å²) >= 11 is 6.43. The monoisotopic (exact) mass is 698 g/mol. The number of benzene rings is 2. The number of hydrogen-bond donors (Lipinski definition) is 1. The number of aryl methyl sites for hydroxylation is 1. The Labute approximate surface area is 289 Å². The fourth-order valence-electron chi connectivity index (χ4n) is 7.79. The van der Waals surface area contributed by atoms with Crippen LogP contribution in [0.4, 0.5) is 10.5 Å². The van der Waals surface area contributed by atoms with E-state index in [-0.39, 0.29) is 40.9 Å². The summed E-state index contributed by atoms with van der Waals surface area (Å²) in [6.45, 7) is 7.56. The number of carbonyl (C=O) groups is 2. The van der Waals surface area contributed by atoms with E-state index >= 15 is 0 Å². The number of carbonyl (C=O) groups excluding carboxylic acids is 2. The molecule has 2 heterocycles. The van der Waals surface area contributed by atoms with Gasteiger partial charge in [0.05, 0.1) is 35.4 Å². The fraction of sp³-hybridized carbons (Fsp3) is 0.556. The Morgan fingerprint density at radius 2 is 1.98 bits per heavy atom. The Morgan fingerprint density at radius 3 is 2.71 bits per heavy atom. The predicted molar refractivity (Wildman–Crippen MR) is 186 cm³/mol. The van der Waals surface area contributed by atoms with Gasteiger partial charge in [0, 0.05) is 37.1 Å². The largest absolute Gasteiger partial charge is 0.490 e. The molecule has 2 aromatic carbocycles. The van der Waals surface area contributed by atoms with Gasteiger partial charge in [-0.2, -0.15) is 0 Å². The summed E-state index contributed by atoms with van der Waals surface area (Å²) in [7, 11) is -0.634. The number of halogens is 1. The van der Waals surface area contributed by atoms with Crippen molar-refractivity contribution in [3.8, 4) is 5.75 Å². The molecule has 4 aliphatic rings. The molecule has 48 heavy (non-hydrogen) atoms. The minimum absolute atomic E-state index is 0.00509. The van der Waals surface area contributed by atoms with Crippen LogP contribution in [0.25, 0.3) is 0 Å². The van der Waals surface area contributed by atoms with Crippen LogP contribution in [-0.4, -0.2) is 88.7 Å². The van der Waals surface area contributed by atoms with Gasteiger partial charge in [-0.1, -0.05) is 29.8 Å². The SMILES string of the molecule is CCOC(=O)N(C)[C@@H]1/C=C/CN(C)C(C)(C)C(=O)NS(=O)(=O)c2ccc3c(c2)N(C[C@@H]2CC[C@H]21)C[C@@]1(CCCc2cc(Cl)ccc21)CO3. The first-order chi connectivity index (χ1) is 22.8. The van der Waals surface area contributed by atoms with Gasteiger partial charge < -0.3 is 19.3 Å². The molecule has 12 heteroatoms. The maximum atomic E-state index is 13.7. The molecular weight excluding hydrogens is 652 g/mol. The highest BCUT2D eigenvalue weighted by Crippen LogP contribution is 2.47. The van der Waals surface area contributed by atoms with Gasteiger partial charge in [0.1, 0.15) is 5.75 Å². The van der Waals surface area contributed by atoms with Gasteiger partial charge in [0.25, 0.3) is 15.9 Å². The normalized spacial score (nSPS) is 28.8. The second-order valence-corrected chi connectivity index (χ2v) is 16.5. The van der Waals surface area contributed by atoms with Crippen molar-refractivity contribution in [3.63, 3.8) is 0 Å². The first-order valence-electron chi connectivity index (χ1n) is 16.9. The van der Waals surface area contributed by atoms with Gasteiger partial charge in [-0.25, -0.2) is 17.9 Å². The van der Waals surface area contributed by atoms with Crippen molar-refractivity contribution in [2.45, 2.75) is 74.8 Å². The number of amides is 2. The van der Waals surface area contributed by atoms with Crippen LogP contribution < -0.4 is 14.4 Å². The topological polar surface area (TPSA) is 108 Å². The van der Waals surface area contributed by atoms with Crippen molar-refractivity contribution in [1.29, 1.82) is 0 Å². The Balaban J connectivity index is 1.46. The first-order valence-corrected chi connectivity index (χ1v) is 18.8. The molecule has 2 bridgehead atoms. The summed E-state index contributed by atoms with van der Waals surface area (Å²) in [5, 5.41) is 0.710. The molecule has 2 aliphatic carbocycles. The molecule has 1 N–H and O–H groups in total. The third-order valence-electron chi connectivity index (χ3n) is 11.1. The van der Waals surface area contributed by atoms with Gasteiger partial charge in [-0.05, 0) is 113 Å². The minimum Gasteiger partial charge on any atom is -0.490 e. The zero-order chi connectivity index (χ0) is 34.4. The van der Waals surface area contributed by atoms with Crippen LogP contribution in [0.15, 0.2) is 53.4 Å². The lowest BCUT2D eigenvalue weighted by Crippen LogP contribution is -2.54. The van der Waals surface area contributed by atoms with E-state index in [0.29, 0.717) is 42.7 Å². The van der Waals surface area contributed by atoms with Crippen molar-refractivity contribution in [3.05, 3.63) is 64.7 Å². The van der Waals surface area contributed by atoms with E-state index in [4.69, 9.17) is 21.1 Å². The number of nitrogens with one attached hydrogen (secondary N) is 1. The molecule has 1 fully saturated rings. The summed E-state index contributed by atoms with van der Waals surface area (Å²) in [6.07, 6.45) is 8.38. The molecular formula is C36H47ClN4O6S. The molecule has 1 spiro atoms. The van der Waals surface area contributed by atoms with Crippen LogP contribution in [0, 0.1) is 11.8 Å². The molecule has 2 aromatic rings. The number of sulfonamides is 1. The van der Waals surface area contributed by atoms with E-state index in [1.54, 1.807) is 56.8 Å². The maximum Gasteiger partial charge on any atom is 0.409 e.